The molecule has 2 nitrogen and oxygen atoms in total. The fourth-order valence-electron chi connectivity index (χ4n) is 12.1. The number of fused-ring (bicyclic) bond motifs is 6. The van der Waals surface area contributed by atoms with E-state index >= 15 is 0 Å². The molecule has 0 saturated carbocycles. The summed E-state index contributed by atoms with van der Waals surface area (Å²) >= 11 is 0. The van der Waals surface area contributed by atoms with Crippen LogP contribution in [0.2, 0.25) is 0 Å². The lowest BCUT2D eigenvalue weighted by Crippen LogP contribution is -2.48. The van der Waals surface area contributed by atoms with E-state index in [1.165, 1.54) is 181 Å². The minimum atomic E-state index is 1.20. The number of benzene rings is 8. The maximum atomic E-state index is 2.63. The van der Waals surface area contributed by atoms with Crippen LogP contribution in [-0.4, -0.2) is 143 Å². The Kier molecular flexibility index (Phi) is 11.0. The average Bonchev–Trinajstić information content (AvgIpc) is 3.84. The van der Waals surface area contributed by atoms with Gasteiger partial charge in [0.1, 0.15) is 133 Å². The van der Waals surface area contributed by atoms with Gasteiger partial charge in [0.15, 0.2) is 0 Å². The molecule has 0 fully saturated rings. The Bertz CT molecular complexity index is 3820. The molecule has 67 heavy (non-hydrogen) atoms. The maximum absolute atomic E-state index is 2.63. The Hall–Kier alpha value is -5.54. The van der Waals surface area contributed by atoms with E-state index in [4.69, 9.17) is 0 Å². The zero-order valence-corrected chi connectivity index (χ0v) is 43.1. The Labute approximate surface area is 412 Å². The first-order valence-electron chi connectivity index (χ1n) is 24.3. The predicted octanol–water partition coefficient (Wildman–Crippen LogP) is -16.7. The van der Waals surface area contributed by atoms with Crippen molar-refractivity contribution in [1.29, 1.82) is 0 Å². The van der Waals surface area contributed by atoms with Gasteiger partial charge in [0, 0.05) is 49.5 Å². The first kappa shape index (κ1) is 45.3. The molecule has 10 aromatic rings. The molecule has 0 saturated heterocycles. The molecule has 0 aliphatic rings. The molecule has 2 heterocycles. The summed E-state index contributed by atoms with van der Waals surface area (Å²) in [7, 11) is 39.4. The Morgan fingerprint density at radius 2 is 0.746 bits per heavy atom. The third-order valence-corrected chi connectivity index (χ3v) is 16.6. The van der Waals surface area contributed by atoms with Crippen LogP contribution in [0.25, 0.3) is 88.4 Å². The number of rotatable bonds is 5. The van der Waals surface area contributed by atoms with Gasteiger partial charge >= 0.3 is 0 Å². The second-order valence-electron chi connectivity index (χ2n) is 20.4. The third kappa shape index (κ3) is 6.64. The van der Waals surface area contributed by atoms with Gasteiger partial charge in [-0.3, -0.25) is 0 Å². The van der Waals surface area contributed by atoms with E-state index < -0.39 is 0 Å². The van der Waals surface area contributed by atoms with Crippen molar-refractivity contribution in [1.82, 2.24) is 9.13 Å². The van der Waals surface area contributed by atoms with Gasteiger partial charge in [-0.1, -0.05) is 160 Å². The highest BCUT2D eigenvalue weighted by atomic mass is 15.0. The van der Waals surface area contributed by atoms with E-state index in [0.717, 1.165) is 0 Å². The summed E-state index contributed by atoms with van der Waals surface area (Å²) in [4.78, 5) is 0. The van der Waals surface area contributed by atoms with Gasteiger partial charge in [-0.15, -0.1) is 5.46 Å². The quantitative estimate of drug-likeness (QED) is 0.153. The molecule has 0 aliphatic carbocycles. The number of hydrogen-bond acceptors (Lipinski definition) is 0. The van der Waals surface area contributed by atoms with Gasteiger partial charge < -0.3 is 9.13 Å². The largest absolute Gasteiger partial charge is 0.310 e. The molecule has 0 atom stereocenters. The highest BCUT2D eigenvalue weighted by Gasteiger charge is 2.29. The molecule has 8 aromatic carbocycles. The molecule has 0 aliphatic heterocycles. The monoisotopic (exact) mass is 841 g/mol. The van der Waals surface area contributed by atoms with E-state index in [0.29, 0.717) is 0 Å². The smallest absolute Gasteiger partial charge is 0.141 e. The summed E-state index contributed by atoms with van der Waals surface area (Å²) in [5.74, 6) is 0. The molecule has 0 spiro atoms. The first-order valence-corrected chi connectivity index (χ1v) is 24.3. The van der Waals surface area contributed by atoms with Gasteiger partial charge in [-0.25, -0.2) is 0 Å². The standard InChI is InChI=1S/C48H49B17N2/c49-18-5-1-17(2-6-18)23-13-19(50)8-12-27(23)67-45-24(15-26(53)33(54)41(45)62)28-34(55)29(36(57)42(63)46(28)67)30-35(56)31-32-38(59)39(60)40(61)44(65)48(32)66(47(31)43(64)37(30)58)21-9-3-16(4-10-21)22-11-7-20(51)14-25(22)52/h1-15H,49-65H2. The maximum Gasteiger partial charge on any atom is 0.141 e. The molecular formula is C48H49B17N2. The number of nitrogens with zero attached hydrogens (tertiary/aromatic N) is 2. The first-order chi connectivity index (χ1) is 31.8. The summed E-state index contributed by atoms with van der Waals surface area (Å²) < 4.78 is 5.23. The molecule has 0 radical (unpaired) electrons. The van der Waals surface area contributed by atoms with E-state index in [9.17, 15) is 0 Å². The summed E-state index contributed by atoms with van der Waals surface area (Å²) in [6, 6.07) is 34.7. The van der Waals surface area contributed by atoms with Crippen LogP contribution < -0.4 is 92.9 Å². The average molecular weight is 838 g/mol. The highest BCUT2D eigenvalue weighted by molar-refractivity contribution is 6.71. The molecule has 2 aromatic heterocycles. The van der Waals surface area contributed by atoms with Crippen LogP contribution in [0.4, 0.5) is 0 Å². The second kappa shape index (κ2) is 16.3. The van der Waals surface area contributed by atoms with Crippen molar-refractivity contribution in [2.75, 3.05) is 0 Å². The summed E-state index contributed by atoms with van der Waals surface area (Å²) in [6.07, 6.45) is 0. The van der Waals surface area contributed by atoms with Crippen molar-refractivity contribution >= 4 is 270 Å². The lowest BCUT2D eigenvalue weighted by Gasteiger charge is -2.24. The zero-order chi connectivity index (χ0) is 47.8. The van der Waals surface area contributed by atoms with Gasteiger partial charge in [-0.2, -0.15) is 0 Å². The Balaban J connectivity index is 1.31. The normalized spacial score (nSPS) is 11.7. The molecule has 0 amide bonds. The van der Waals surface area contributed by atoms with Crippen LogP contribution in [0, 0.1) is 0 Å². The predicted molar refractivity (Wildman–Crippen MR) is 350 cm³/mol. The van der Waals surface area contributed by atoms with E-state index in [1.807, 2.05) is 0 Å². The van der Waals surface area contributed by atoms with Crippen molar-refractivity contribution < 1.29 is 0 Å². The molecule has 0 unspecified atom stereocenters. The van der Waals surface area contributed by atoms with Crippen LogP contribution in [-0.2, 0) is 0 Å². The summed E-state index contributed by atoms with van der Waals surface area (Å²) in [6.45, 7) is 0. The topological polar surface area (TPSA) is 9.86 Å². The van der Waals surface area contributed by atoms with Crippen LogP contribution >= 0.6 is 0 Å². The molecule has 0 N–H and O–H groups in total. The Morgan fingerprint density at radius 1 is 0.284 bits per heavy atom. The lowest BCUT2D eigenvalue weighted by molar-refractivity contribution is 1.19. The Morgan fingerprint density at radius 3 is 1.36 bits per heavy atom. The van der Waals surface area contributed by atoms with Gasteiger partial charge in [0.25, 0.3) is 0 Å². The highest BCUT2D eigenvalue weighted by Crippen LogP contribution is 2.35. The molecule has 0 bridgehead atoms. The molecular weight excluding hydrogens is 788 g/mol. The van der Waals surface area contributed by atoms with E-state index in [1.54, 1.807) is 0 Å². The summed E-state index contributed by atoms with van der Waals surface area (Å²) in [5.41, 5.74) is 38.2. The van der Waals surface area contributed by atoms with Crippen molar-refractivity contribution in [2.24, 2.45) is 0 Å². The third-order valence-electron chi connectivity index (χ3n) is 16.6. The molecule has 10 rings (SSSR count). The van der Waals surface area contributed by atoms with Crippen LogP contribution in [0.3, 0.4) is 0 Å². The van der Waals surface area contributed by atoms with Gasteiger partial charge in [-0.05, 0) is 51.4 Å². The zero-order valence-electron chi connectivity index (χ0n) is 43.1. The van der Waals surface area contributed by atoms with Crippen molar-refractivity contribution in [2.45, 2.75) is 0 Å². The number of hydrogen-bond donors (Lipinski definition) is 0. The SMILES string of the molecule is Bc1ccc(-c2cc(B)ccc2-n2c3c(B)c(B)c(B)cc3c3c(B)c(-c4c(B)c(B)c5c(c4B)c4c(B)c(B)c(B)c(B)c4n5-c4ccc(-c5ccc(B)cc5B)cc4)c(B)c(B)c32)cc1. The summed E-state index contributed by atoms with van der Waals surface area (Å²) in [5, 5.41) is 5.44. The van der Waals surface area contributed by atoms with Crippen molar-refractivity contribution in [3.8, 4) is 44.8 Å². The minimum Gasteiger partial charge on any atom is -0.310 e. The number of aromatic nitrogens is 2. The van der Waals surface area contributed by atoms with E-state index in [-0.39, 0.29) is 0 Å². The van der Waals surface area contributed by atoms with Crippen molar-refractivity contribution in [3.63, 3.8) is 0 Å². The minimum absolute atomic E-state index is 1.20. The molecule has 19 heteroatoms. The van der Waals surface area contributed by atoms with Gasteiger partial charge in [0.05, 0.1) is 5.69 Å². The van der Waals surface area contributed by atoms with Crippen LogP contribution in [0.1, 0.15) is 0 Å². The lowest BCUT2D eigenvalue weighted by atomic mass is 9.62. The molecule has 302 valence electrons. The van der Waals surface area contributed by atoms with Crippen LogP contribution in [0.15, 0.2) is 91.0 Å². The second-order valence-corrected chi connectivity index (χ2v) is 20.4. The van der Waals surface area contributed by atoms with Gasteiger partial charge in [0.2, 0.25) is 0 Å². The fourth-order valence-corrected chi connectivity index (χ4v) is 12.1. The fraction of sp³-hybridized carbons (Fsp3) is 0. The van der Waals surface area contributed by atoms with Crippen LogP contribution in [0.5, 0.6) is 0 Å². The van der Waals surface area contributed by atoms with Crippen molar-refractivity contribution in [3.05, 3.63) is 91.0 Å². The van der Waals surface area contributed by atoms with E-state index in [2.05, 4.69) is 234 Å².